The summed E-state index contributed by atoms with van der Waals surface area (Å²) in [6, 6.07) is 17.6. The van der Waals surface area contributed by atoms with Crippen LogP contribution in [0.2, 0.25) is 0 Å². The van der Waals surface area contributed by atoms with Gasteiger partial charge in [0.1, 0.15) is 0 Å². The van der Waals surface area contributed by atoms with Crippen molar-refractivity contribution in [2.45, 2.75) is 39.0 Å². The zero-order chi connectivity index (χ0) is 15.2. The van der Waals surface area contributed by atoms with Crippen LogP contribution in [0.3, 0.4) is 0 Å². The summed E-state index contributed by atoms with van der Waals surface area (Å²) in [5, 5.41) is 0. The van der Waals surface area contributed by atoms with E-state index < -0.39 is 0 Å². The van der Waals surface area contributed by atoms with Crippen LogP contribution in [0.25, 0.3) is 11.1 Å². The summed E-state index contributed by atoms with van der Waals surface area (Å²) in [5.74, 6) is 0.398. The molecule has 2 N–H and O–H groups in total. The highest BCUT2D eigenvalue weighted by molar-refractivity contribution is 5.78. The van der Waals surface area contributed by atoms with E-state index in [1.54, 1.807) is 0 Å². The average molecular weight is 281 g/mol. The lowest BCUT2D eigenvalue weighted by Crippen LogP contribution is -2.08. The largest absolute Gasteiger partial charge is 0.370 e. The highest BCUT2D eigenvalue weighted by Gasteiger charge is 2.25. The maximum absolute atomic E-state index is 9.82. The van der Waals surface area contributed by atoms with Gasteiger partial charge in [0.2, 0.25) is 5.91 Å². The third kappa shape index (κ3) is 3.33. The van der Waals surface area contributed by atoms with E-state index in [0.29, 0.717) is 12.3 Å². The highest BCUT2D eigenvalue weighted by atomic mass is 16.1. The molecule has 0 radical (unpaired) electrons. The molecule has 1 amide bonds. The minimum atomic E-state index is -0.211. The van der Waals surface area contributed by atoms with Gasteiger partial charge in [-0.1, -0.05) is 62.4 Å². The molecule has 0 heterocycles. The van der Waals surface area contributed by atoms with Crippen LogP contribution in [0.15, 0.2) is 48.5 Å². The number of carbonyl (C=O) groups is 1. The Morgan fingerprint density at radius 2 is 1.43 bits per heavy atom. The highest BCUT2D eigenvalue weighted by Crippen LogP contribution is 2.45. The third-order valence-electron chi connectivity index (χ3n) is 3.87. The van der Waals surface area contributed by atoms with Crippen LogP contribution in [0, 0.1) is 0 Å². The zero-order valence-corrected chi connectivity index (χ0v) is 12.8. The van der Waals surface area contributed by atoms with Gasteiger partial charge in [0, 0.05) is 12.3 Å². The molecule has 0 unspecified atom stereocenters. The van der Waals surface area contributed by atoms with Gasteiger partial charge in [-0.15, -0.1) is 0 Å². The fourth-order valence-corrected chi connectivity index (χ4v) is 2.95. The van der Waals surface area contributed by atoms with E-state index in [0.717, 1.165) is 6.42 Å². The van der Waals surface area contributed by atoms with Crippen molar-refractivity contribution in [2.24, 2.45) is 5.73 Å². The first-order valence-corrected chi connectivity index (χ1v) is 7.65. The van der Waals surface area contributed by atoms with Crippen molar-refractivity contribution in [2.75, 3.05) is 0 Å². The smallest absolute Gasteiger partial charge is 0.217 e. The minimum Gasteiger partial charge on any atom is -0.370 e. The molecule has 0 saturated heterocycles. The van der Waals surface area contributed by atoms with Crippen molar-refractivity contribution < 1.29 is 4.79 Å². The van der Waals surface area contributed by atoms with E-state index in [-0.39, 0.29) is 5.91 Å². The lowest BCUT2D eigenvalue weighted by molar-refractivity contribution is -0.118. The number of amides is 1. The third-order valence-corrected chi connectivity index (χ3v) is 3.87. The maximum atomic E-state index is 9.82. The second kappa shape index (κ2) is 7.07. The normalized spacial score (nSPS) is 12.1. The Bertz CT molecular complexity index is 573. The first-order chi connectivity index (χ1) is 10.2. The van der Waals surface area contributed by atoms with Gasteiger partial charge in [-0.3, -0.25) is 4.79 Å². The van der Waals surface area contributed by atoms with Crippen LogP contribution in [-0.2, 0) is 4.79 Å². The Morgan fingerprint density at radius 1 is 0.952 bits per heavy atom. The number of hydrogen-bond acceptors (Lipinski definition) is 1. The molecule has 2 aromatic rings. The summed E-state index contributed by atoms with van der Waals surface area (Å²) >= 11 is 0. The van der Waals surface area contributed by atoms with E-state index in [1.807, 2.05) is 6.92 Å². The van der Waals surface area contributed by atoms with Gasteiger partial charge in [0.15, 0.2) is 0 Å². The number of primary amides is 1. The summed E-state index contributed by atoms with van der Waals surface area (Å²) in [5.41, 5.74) is 10.6. The van der Waals surface area contributed by atoms with Gasteiger partial charge in [-0.25, -0.2) is 0 Å². The standard InChI is InChI=1S/C15H14.C4H9NO/c1-2-11-12-7-3-5-9-14(12)15-10-6-4-8-13(11)15;1-2-3-4(5)6/h3-11H,2H2,1H3;2-3H2,1H3,(H2,5,6). The molecule has 0 aromatic heterocycles. The minimum absolute atomic E-state index is 0.211. The van der Waals surface area contributed by atoms with Crippen molar-refractivity contribution >= 4 is 5.91 Å². The van der Waals surface area contributed by atoms with E-state index in [2.05, 4.69) is 55.5 Å². The molecule has 2 heteroatoms. The summed E-state index contributed by atoms with van der Waals surface area (Å²) in [6.45, 7) is 4.19. The molecule has 1 aliphatic rings. The molecule has 0 saturated carbocycles. The van der Waals surface area contributed by atoms with E-state index in [9.17, 15) is 4.79 Å². The monoisotopic (exact) mass is 281 g/mol. The number of rotatable bonds is 3. The van der Waals surface area contributed by atoms with Crippen molar-refractivity contribution in [1.82, 2.24) is 0 Å². The van der Waals surface area contributed by atoms with Gasteiger partial charge < -0.3 is 5.73 Å². The van der Waals surface area contributed by atoms with Crippen molar-refractivity contribution in [3.8, 4) is 11.1 Å². The van der Waals surface area contributed by atoms with Crippen molar-refractivity contribution in [3.63, 3.8) is 0 Å². The van der Waals surface area contributed by atoms with Gasteiger partial charge >= 0.3 is 0 Å². The van der Waals surface area contributed by atoms with E-state index >= 15 is 0 Å². The Kier molecular flexibility index (Phi) is 5.15. The zero-order valence-electron chi connectivity index (χ0n) is 12.8. The van der Waals surface area contributed by atoms with Crippen LogP contribution in [0.1, 0.15) is 50.2 Å². The molecule has 0 atom stereocenters. The van der Waals surface area contributed by atoms with Crippen LogP contribution < -0.4 is 5.73 Å². The first kappa shape index (κ1) is 15.3. The van der Waals surface area contributed by atoms with Gasteiger partial charge in [-0.05, 0) is 35.1 Å². The summed E-state index contributed by atoms with van der Waals surface area (Å²) in [6.07, 6.45) is 2.56. The Balaban J connectivity index is 0.000000232. The predicted octanol–water partition coefficient (Wildman–Crippen LogP) is 4.48. The number of hydrogen-bond donors (Lipinski definition) is 1. The molecular formula is C19H23NO. The Morgan fingerprint density at radius 3 is 1.76 bits per heavy atom. The molecule has 110 valence electrons. The second-order valence-corrected chi connectivity index (χ2v) is 5.35. The fraction of sp³-hybridized carbons (Fsp3) is 0.316. The van der Waals surface area contributed by atoms with Gasteiger partial charge in [0.25, 0.3) is 0 Å². The quantitative estimate of drug-likeness (QED) is 0.885. The van der Waals surface area contributed by atoms with Crippen LogP contribution >= 0.6 is 0 Å². The molecule has 0 fully saturated rings. The Hall–Kier alpha value is -2.09. The van der Waals surface area contributed by atoms with Crippen molar-refractivity contribution in [3.05, 3.63) is 59.7 Å². The number of fused-ring (bicyclic) bond motifs is 3. The molecule has 1 aliphatic carbocycles. The molecule has 0 aliphatic heterocycles. The van der Waals surface area contributed by atoms with Crippen LogP contribution in [0.4, 0.5) is 0 Å². The second-order valence-electron chi connectivity index (χ2n) is 5.35. The maximum Gasteiger partial charge on any atom is 0.217 e. The van der Waals surface area contributed by atoms with Gasteiger partial charge in [-0.2, -0.15) is 0 Å². The fourth-order valence-electron chi connectivity index (χ4n) is 2.95. The molecule has 21 heavy (non-hydrogen) atoms. The van der Waals surface area contributed by atoms with Crippen LogP contribution in [0.5, 0.6) is 0 Å². The van der Waals surface area contributed by atoms with Crippen LogP contribution in [-0.4, -0.2) is 5.91 Å². The molecule has 0 bridgehead atoms. The summed E-state index contributed by atoms with van der Waals surface area (Å²) in [7, 11) is 0. The Labute approximate surface area is 127 Å². The van der Waals surface area contributed by atoms with Gasteiger partial charge in [0.05, 0.1) is 0 Å². The van der Waals surface area contributed by atoms with E-state index in [1.165, 1.54) is 28.7 Å². The molecular weight excluding hydrogens is 258 g/mol. The molecule has 2 nitrogen and oxygen atoms in total. The number of benzene rings is 2. The number of carbonyl (C=O) groups excluding carboxylic acids is 1. The summed E-state index contributed by atoms with van der Waals surface area (Å²) in [4.78, 5) is 9.82. The lowest BCUT2D eigenvalue weighted by Gasteiger charge is -2.09. The topological polar surface area (TPSA) is 43.1 Å². The molecule has 0 spiro atoms. The van der Waals surface area contributed by atoms with E-state index in [4.69, 9.17) is 5.73 Å². The van der Waals surface area contributed by atoms with Crippen molar-refractivity contribution in [1.29, 1.82) is 0 Å². The average Bonchev–Trinajstić information content (AvgIpc) is 2.81. The SMILES string of the molecule is CCC1c2ccccc2-c2ccccc21.CCCC(N)=O. The lowest BCUT2D eigenvalue weighted by atomic mass is 9.95. The number of nitrogens with two attached hydrogens (primary N) is 1. The first-order valence-electron chi connectivity index (χ1n) is 7.65. The molecule has 2 aromatic carbocycles. The molecule has 3 rings (SSSR count). The summed E-state index contributed by atoms with van der Waals surface area (Å²) < 4.78 is 0. The predicted molar refractivity (Wildman–Crippen MR) is 88.1 cm³/mol.